The first kappa shape index (κ1) is 19.9. The van der Waals surface area contributed by atoms with Crippen molar-refractivity contribution in [3.05, 3.63) is 42.7 Å². The molecule has 0 aliphatic carbocycles. The van der Waals surface area contributed by atoms with E-state index >= 15 is 0 Å². The summed E-state index contributed by atoms with van der Waals surface area (Å²) >= 11 is 0. The topological polar surface area (TPSA) is 79.5 Å². The van der Waals surface area contributed by atoms with E-state index in [1.54, 1.807) is 11.0 Å². The van der Waals surface area contributed by atoms with Gasteiger partial charge in [-0.2, -0.15) is 5.10 Å². The standard InChI is InChI=1S/C20H25F2N5O/c1-4-24-18(27-9-7-20(21,22)8-10-27)12-16(23)19-15-11-14(28-13(2)3)5-6-17(15)25-26-19/h4-6,11-13H,1,7-10,23H2,2-3H3,(H,25,26)/b16-12-,24-18+. The number of fused-ring (bicyclic) bond motifs is 1. The fourth-order valence-electron chi connectivity index (χ4n) is 3.13. The Bertz CT molecular complexity index is 906. The first-order valence-corrected chi connectivity index (χ1v) is 9.23. The number of halogens is 2. The molecule has 1 aliphatic heterocycles. The van der Waals surface area contributed by atoms with Gasteiger partial charge in [0, 0.05) is 43.6 Å². The van der Waals surface area contributed by atoms with Gasteiger partial charge in [0.1, 0.15) is 17.3 Å². The Kier molecular flexibility index (Phi) is 5.67. The highest BCUT2D eigenvalue weighted by atomic mass is 19.3. The first-order valence-electron chi connectivity index (χ1n) is 9.23. The summed E-state index contributed by atoms with van der Waals surface area (Å²) in [6.07, 6.45) is 2.65. The molecule has 8 heteroatoms. The van der Waals surface area contributed by atoms with Crippen molar-refractivity contribution in [3.63, 3.8) is 0 Å². The number of benzene rings is 1. The minimum absolute atomic E-state index is 0.0456. The van der Waals surface area contributed by atoms with Gasteiger partial charge >= 0.3 is 0 Å². The Morgan fingerprint density at radius 1 is 1.39 bits per heavy atom. The van der Waals surface area contributed by atoms with Crippen LogP contribution < -0.4 is 10.5 Å². The van der Waals surface area contributed by atoms with Gasteiger partial charge in [-0.1, -0.05) is 6.58 Å². The lowest BCUT2D eigenvalue weighted by molar-refractivity contribution is -0.0433. The number of alkyl halides is 2. The van der Waals surface area contributed by atoms with Crippen LogP contribution >= 0.6 is 0 Å². The van der Waals surface area contributed by atoms with Crippen LogP contribution in [-0.2, 0) is 0 Å². The number of H-pyrrole nitrogens is 1. The van der Waals surface area contributed by atoms with Gasteiger partial charge in [0.2, 0.25) is 0 Å². The van der Waals surface area contributed by atoms with Gasteiger partial charge in [0.15, 0.2) is 0 Å². The molecule has 1 aliphatic rings. The maximum atomic E-state index is 13.5. The minimum atomic E-state index is -2.63. The lowest BCUT2D eigenvalue weighted by Crippen LogP contribution is -2.42. The quantitative estimate of drug-likeness (QED) is 0.600. The number of likely N-dealkylation sites (tertiary alicyclic amines) is 1. The van der Waals surface area contributed by atoms with E-state index in [1.165, 1.54) is 6.20 Å². The Labute approximate surface area is 162 Å². The predicted octanol–water partition coefficient (Wildman–Crippen LogP) is 3.92. The molecule has 0 bridgehead atoms. The molecule has 28 heavy (non-hydrogen) atoms. The van der Waals surface area contributed by atoms with Gasteiger partial charge in [0.25, 0.3) is 5.92 Å². The number of hydrogen-bond acceptors (Lipinski definition) is 4. The van der Waals surface area contributed by atoms with Crippen LogP contribution in [0.25, 0.3) is 16.6 Å². The molecule has 1 fully saturated rings. The molecule has 0 radical (unpaired) electrons. The van der Waals surface area contributed by atoms with Crippen molar-refractivity contribution in [3.8, 4) is 5.75 Å². The summed E-state index contributed by atoms with van der Waals surface area (Å²) in [5.74, 6) is -1.42. The maximum absolute atomic E-state index is 13.5. The zero-order valence-corrected chi connectivity index (χ0v) is 16.1. The van der Waals surface area contributed by atoms with Crippen LogP contribution in [0.1, 0.15) is 32.4 Å². The van der Waals surface area contributed by atoms with Crippen molar-refractivity contribution < 1.29 is 13.5 Å². The number of piperidine rings is 1. The molecule has 0 saturated carbocycles. The van der Waals surface area contributed by atoms with E-state index in [-0.39, 0.29) is 32.0 Å². The first-order chi connectivity index (χ1) is 13.3. The highest BCUT2D eigenvalue weighted by Gasteiger charge is 2.34. The number of nitrogens with zero attached hydrogens (tertiary/aromatic N) is 3. The number of hydrogen-bond donors (Lipinski definition) is 2. The Hall–Kier alpha value is -2.90. The summed E-state index contributed by atoms with van der Waals surface area (Å²) in [5, 5.41) is 8.06. The van der Waals surface area contributed by atoms with Crippen molar-refractivity contribution in [1.29, 1.82) is 0 Å². The van der Waals surface area contributed by atoms with Crippen molar-refractivity contribution in [2.24, 2.45) is 10.7 Å². The van der Waals surface area contributed by atoms with Gasteiger partial charge < -0.3 is 15.4 Å². The van der Waals surface area contributed by atoms with E-state index in [0.717, 1.165) is 16.7 Å². The Morgan fingerprint density at radius 2 is 2.11 bits per heavy atom. The fourth-order valence-corrected chi connectivity index (χ4v) is 3.13. The third-order valence-corrected chi connectivity index (χ3v) is 4.51. The van der Waals surface area contributed by atoms with Crippen molar-refractivity contribution in [2.75, 3.05) is 13.1 Å². The molecule has 6 nitrogen and oxygen atoms in total. The number of nitrogens with one attached hydrogen (secondary N) is 1. The molecule has 1 aromatic carbocycles. The number of aromatic amines is 1. The van der Waals surface area contributed by atoms with E-state index in [2.05, 4.69) is 21.8 Å². The largest absolute Gasteiger partial charge is 0.491 e. The SMILES string of the molecule is C=C/N=C(\C=C(/N)c1n[nH]c2ccc(OC(C)C)cc12)N1CCC(F)(F)CC1. The van der Waals surface area contributed by atoms with Crippen molar-refractivity contribution >= 4 is 22.4 Å². The van der Waals surface area contributed by atoms with Gasteiger partial charge in [-0.05, 0) is 32.0 Å². The van der Waals surface area contributed by atoms with Gasteiger partial charge in [0.05, 0.1) is 17.3 Å². The van der Waals surface area contributed by atoms with Crippen molar-refractivity contribution in [1.82, 2.24) is 15.1 Å². The highest BCUT2D eigenvalue weighted by Crippen LogP contribution is 2.29. The third kappa shape index (κ3) is 4.49. The van der Waals surface area contributed by atoms with E-state index in [1.807, 2.05) is 32.0 Å². The summed E-state index contributed by atoms with van der Waals surface area (Å²) in [6, 6.07) is 5.62. The minimum Gasteiger partial charge on any atom is -0.491 e. The molecule has 3 N–H and O–H groups in total. The molecule has 0 amide bonds. The lowest BCUT2D eigenvalue weighted by Gasteiger charge is -2.33. The number of ether oxygens (including phenoxy) is 1. The third-order valence-electron chi connectivity index (χ3n) is 4.51. The van der Waals surface area contributed by atoms with Crippen molar-refractivity contribution in [2.45, 2.75) is 38.7 Å². The fraction of sp³-hybridized carbons (Fsp3) is 0.400. The number of rotatable bonds is 5. The summed E-state index contributed by atoms with van der Waals surface area (Å²) in [4.78, 5) is 6.01. The van der Waals surface area contributed by atoms with Crippen LogP contribution in [0, 0.1) is 0 Å². The zero-order valence-electron chi connectivity index (χ0n) is 16.1. The van der Waals surface area contributed by atoms with Crippen LogP contribution in [0.3, 0.4) is 0 Å². The van der Waals surface area contributed by atoms with Gasteiger partial charge in [-0.3, -0.25) is 5.10 Å². The number of aliphatic imine (C=N–C) groups is 1. The molecular formula is C20H25F2N5O. The second-order valence-electron chi connectivity index (χ2n) is 7.06. The van der Waals surface area contributed by atoms with E-state index in [0.29, 0.717) is 17.2 Å². The second-order valence-corrected chi connectivity index (χ2v) is 7.06. The monoisotopic (exact) mass is 389 g/mol. The normalized spacial score (nSPS) is 18.0. The van der Waals surface area contributed by atoms with E-state index in [4.69, 9.17) is 10.5 Å². The molecule has 1 saturated heterocycles. The summed E-state index contributed by atoms with van der Waals surface area (Å²) in [6.45, 7) is 7.93. The second kappa shape index (κ2) is 8.00. The maximum Gasteiger partial charge on any atom is 0.251 e. The molecule has 0 atom stereocenters. The molecule has 0 spiro atoms. The molecule has 2 heterocycles. The average Bonchev–Trinajstić information content (AvgIpc) is 3.04. The number of aromatic nitrogens is 2. The van der Waals surface area contributed by atoms with Gasteiger partial charge in [-0.15, -0.1) is 0 Å². The van der Waals surface area contributed by atoms with Gasteiger partial charge in [-0.25, -0.2) is 13.8 Å². The number of amidine groups is 1. The van der Waals surface area contributed by atoms with Crippen LogP contribution in [0.5, 0.6) is 5.75 Å². The molecule has 3 rings (SSSR count). The molecule has 0 unspecified atom stereocenters. The summed E-state index contributed by atoms with van der Waals surface area (Å²) < 4.78 is 32.7. The Balaban J connectivity index is 1.90. The predicted molar refractivity (Wildman–Crippen MR) is 107 cm³/mol. The van der Waals surface area contributed by atoms with Crippen LogP contribution in [0.2, 0.25) is 0 Å². The number of nitrogens with two attached hydrogens (primary N) is 1. The molecular weight excluding hydrogens is 364 g/mol. The van der Waals surface area contributed by atoms with Crippen LogP contribution in [0.15, 0.2) is 42.0 Å². The summed E-state index contributed by atoms with van der Waals surface area (Å²) in [7, 11) is 0. The average molecular weight is 389 g/mol. The zero-order chi connectivity index (χ0) is 20.3. The van der Waals surface area contributed by atoms with Crippen LogP contribution in [-0.4, -0.2) is 46.0 Å². The molecule has 150 valence electrons. The van der Waals surface area contributed by atoms with E-state index < -0.39 is 5.92 Å². The molecule has 1 aromatic heterocycles. The van der Waals surface area contributed by atoms with Crippen LogP contribution in [0.4, 0.5) is 8.78 Å². The molecule has 2 aromatic rings. The Morgan fingerprint density at radius 3 is 2.75 bits per heavy atom. The smallest absolute Gasteiger partial charge is 0.251 e. The summed E-state index contributed by atoms with van der Waals surface area (Å²) in [5.41, 5.74) is 8.06. The van der Waals surface area contributed by atoms with E-state index in [9.17, 15) is 8.78 Å². The highest BCUT2D eigenvalue weighted by molar-refractivity contribution is 6.02. The lowest BCUT2D eigenvalue weighted by atomic mass is 10.1.